The molecular weight excluding hydrogens is 234 g/mol. The number of nitrogens with one attached hydrogen (secondary N) is 3. The monoisotopic (exact) mass is 245 g/mol. The van der Waals surface area contributed by atoms with Crippen molar-refractivity contribution in [1.82, 2.24) is 15.6 Å². The first-order chi connectivity index (χ1) is 8.67. The number of aromatic nitrogens is 1. The third-order valence-corrected chi connectivity index (χ3v) is 3.11. The maximum Gasteiger partial charge on any atom is 0.324 e. The summed E-state index contributed by atoms with van der Waals surface area (Å²) in [4.78, 5) is 26.3. The molecule has 1 atom stereocenters. The fourth-order valence-corrected chi connectivity index (χ4v) is 2.25. The number of ether oxygens (including phenoxy) is 1. The Kier molecular flexibility index (Phi) is 2.14. The van der Waals surface area contributed by atoms with Crippen LogP contribution < -0.4 is 10.6 Å². The Morgan fingerprint density at radius 3 is 2.67 bits per heavy atom. The molecule has 0 bridgehead atoms. The predicted octanol–water partition coefficient (Wildman–Crippen LogP) is 0.806. The van der Waals surface area contributed by atoms with Crippen LogP contribution in [0.5, 0.6) is 0 Å². The van der Waals surface area contributed by atoms with E-state index in [1.54, 1.807) is 6.20 Å². The van der Waals surface area contributed by atoms with Gasteiger partial charge in [0.2, 0.25) is 0 Å². The normalized spacial score (nSPS) is 23.2. The summed E-state index contributed by atoms with van der Waals surface area (Å²) in [7, 11) is 1.38. The van der Waals surface area contributed by atoms with Gasteiger partial charge < -0.3 is 9.72 Å². The lowest BCUT2D eigenvalue weighted by molar-refractivity contribution is -0.141. The summed E-state index contributed by atoms with van der Waals surface area (Å²) in [5.41, 5.74) is -0.00160. The number of benzene rings is 1. The summed E-state index contributed by atoms with van der Waals surface area (Å²) < 4.78 is 5.27. The fraction of sp³-hybridized carbons (Fsp3) is 0.167. The Bertz CT molecular complexity index is 649. The number of aromatic amines is 1. The van der Waals surface area contributed by atoms with E-state index in [9.17, 15) is 9.59 Å². The van der Waals surface area contributed by atoms with Crippen molar-refractivity contribution in [3.05, 3.63) is 36.0 Å². The quantitative estimate of drug-likeness (QED) is 0.684. The van der Waals surface area contributed by atoms with Crippen LogP contribution >= 0.6 is 0 Å². The van der Waals surface area contributed by atoms with Gasteiger partial charge in [-0.1, -0.05) is 18.2 Å². The van der Waals surface area contributed by atoms with Crippen LogP contribution in [-0.4, -0.2) is 24.0 Å². The van der Waals surface area contributed by atoms with Crippen molar-refractivity contribution in [2.75, 3.05) is 7.11 Å². The van der Waals surface area contributed by atoms with Gasteiger partial charge >= 0.3 is 6.03 Å². The van der Waals surface area contributed by atoms with E-state index in [0.717, 1.165) is 10.9 Å². The second-order valence-corrected chi connectivity index (χ2v) is 4.04. The minimum atomic E-state index is -1.46. The molecule has 3 amide bonds. The van der Waals surface area contributed by atoms with Crippen LogP contribution in [0.2, 0.25) is 0 Å². The first kappa shape index (κ1) is 10.8. The van der Waals surface area contributed by atoms with E-state index in [0.29, 0.717) is 5.56 Å². The van der Waals surface area contributed by atoms with E-state index < -0.39 is 17.7 Å². The highest BCUT2D eigenvalue weighted by atomic mass is 16.5. The van der Waals surface area contributed by atoms with E-state index in [-0.39, 0.29) is 0 Å². The zero-order chi connectivity index (χ0) is 12.8. The first-order valence-corrected chi connectivity index (χ1v) is 5.43. The minimum Gasteiger partial charge on any atom is -0.361 e. The molecule has 1 aromatic carbocycles. The third-order valence-electron chi connectivity index (χ3n) is 3.11. The maximum absolute atomic E-state index is 11.9. The lowest BCUT2D eigenvalue weighted by Gasteiger charge is -2.23. The molecule has 1 aliphatic heterocycles. The zero-order valence-corrected chi connectivity index (χ0v) is 9.61. The molecule has 0 spiro atoms. The van der Waals surface area contributed by atoms with Gasteiger partial charge in [-0.2, -0.15) is 0 Å². The van der Waals surface area contributed by atoms with Crippen molar-refractivity contribution in [3.8, 4) is 0 Å². The molecule has 2 aromatic rings. The second kappa shape index (κ2) is 3.58. The Morgan fingerprint density at radius 2 is 2.00 bits per heavy atom. The molecule has 2 heterocycles. The average molecular weight is 245 g/mol. The molecule has 6 heteroatoms. The van der Waals surface area contributed by atoms with Crippen LogP contribution in [0.15, 0.2) is 30.5 Å². The van der Waals surface area contributed by atoms with Gasteiger partial charge in [-0.3, -0.25) is 15.4 Å². The van der Waals surface area contributed by atoms with Gasteiger partial charge in [0, 0.05) is 29.8 Å². The van der Waals surface area contributed by atoms with Gasteiger partial charge in [0.25, 0.3) is 11.6 Å². The summed E-state index contributed by atoms with van der Waals surface area (Å²) in [5, 5.41) is 5.53. The Hall–Kier alpha value is -2.34. The molecule has 0 saturated carbocycles. The van der Waals surface area contributed by atoms with Crippen molar-refractivity contribution < 1.29 is 14.3 Å². The van der Waals surface area contributed by atoms with E-state index in [4.69, 9.17) is 4.74 Å². The lowest BCUT2D eigenvalue weighted by Crippen LogP contribution is -2.45. The summed E-state index contributed by atoms with van der Waals surface area (Å²) in [6, 6.07) is 6.93. The molecule has 18 heavy (non-hydrogen) atoms. The zero-order valence-electron chi connectivity index (χ0n) is 9.61. The largest absolute Gasteiger partial charge is 0.361 e. The van der Waals surface area contributed by atoms with Gasteiger partial charge in [0.1, 0.15) is 0 Å². The fourth-order valence-electron chi connectivity index (χ4n) is 2.25. The van der Waals surface area contributed by atoms with Crippen LogP contribution in [-0.2, 0) is 15.3 Å². The average Bonchev–Trinajstić information content (AvgIpc) is 2.91. The van der Waals surface area contributed by atoms with Gasteiger partial charge in [0.05, 0.1) is 0 Å². The first-order valence-electron chi connectivity index (χ1n) is 5.43. The molecule has 0 aliphatic carbocycles. The minimum absolute atomic E-state index is 0.514. The number of fused-ring (bicyclic) bond motifs is 1. The number of H-pyrrole nitrogens is 1. The molecule has 1 aromatic heterocycles. The number of imide groups is 1. The molecule has 92 valence electrons. The van der Waals surface area contributed by atoms with Crippen LogP contribution in [0.1, 0.15) is 5.56 Å². The lowest BCUT2D eigenvalue weighted by atomic mass is 10.0. The van der Waals surface area contributed by atoms with Crippen LogP contribution in [0, 0.1) is 0 Å². The Labute approximate surface area is 102 Å². The Balaban J connectivity index is 2.23. The van der Waals surface area contributed by atoms with Crippen LogP contribution in [0.4, 0.5) is 4.79 Å². The van der Waals surface area contributed by atoms with Crippen molar-refractivity contribution in [2.24, 2.45) is 0 Å². The second-order valence-electron chi connectivity index (χ2n) is 4.04. The van der Waals surface area contributed by atoms with E-state index in [1.807, 2.05) is 24.3 Å². The number of carbonyl (C=O) groups is 2. The molecule has 0 radical (unpaired) electrons. The molecule has 3 N–H and O–H groups in total. The summed E-state index contributed by atoms with van der Waals surface area (Å²) in [6.07, 6.45) is 1.67. The summed E-state index contributed by atoms with van der Waals surface area (Å²) in [5.74, 6) is -0.514. The molecule has 1 saturated heterocycles. The molecule has 3 rings (SSSR count). The standard InChI is InChI=1S/C12H11N3O3/c1-18-12(10(16)14-11(17)15-12)8-6-13-9-5-3-2-4-7(8)9/h2-6,13H,1H3,(H2,14,15,16,17)/t12-/m1/s1. The summed E-state index contributed by atoms with van der Waals surface area (Å²) in [6.45, 7) is 0. The van der Waals surface area contributed by atoms with Crippen molar-refractivity contribution in [2.45, 2.75) is 5.72 Å². The van der Waals surface area contributed by atoms with Crippen molar-refractivity contribution in [1.29, 1.82) is 0 Å². The number of amides is 3. The SMILES string of the molecule is CO[C@@]1(c2c[nH]c3ccccc23)NC(=O)NC1=O. The molecule has 1 fully saturated rings. The number of carbonyl (C=O) groups excluding carboxylic acids is 2. The van der Waals surface area contributed by atoms with E-state index in [1.165, 1.54) is 7.11 Å². The predicted molar refractivity (Wildman–Crippen MR) is 63.7 cm³/mol. The molecule has 0 unspecified atom stereocenters. The van der Waals surface area contributed by atoms with Crippen LogP contribution in [0.25, 0.3) is 10.9 Å². The molecular formula is C12H11N3O3. The van der Waals surface area contributed by atoms with E-state index >= 15 is 0 Å². The highest BCUT2D eigenvalue weighted by molar-refractivity contribution is 6.08. The van der Waals surface area contributed by atoms with Gasteiger partial charge in [-0.15, -0.1) is 0 Å². The number of rotatable bonds is 2. The highest BCUT2D eigenvalue weighted by Gasteiger charge is 2.49. The van der Waals surface area contributed by atoms with E-state index in [2.05, 4.69) is 15.6 Å². The van der Waals surface area contributed by atoms with Gasteiger partial charge in [0.15, 0.2) is 0 Å². The van der Waals surface area contributed by atoms with Crippen LogP contribution in [0.3, 0.4) is 0 Å². The number of urea groups is 1. The topological polar surface area (TPSA) is 83.2 Å². The summed E-state index contributed by atoms with van der Waals surface area (Å²) >= 11 is 0. The third kappa shape index (κ3) is 1.26. The highest BCUT2D eigenvalue weighted by Crippen LogP contribution is 2.31. The number of hydrogen-bond acceptors (Lipinski definition) is 3. The maximum atomic E-state index is 11.9. The smallest absolute Gasteiger partial charge is 0.324 e. The van der Waals surface area contributed by atoms with Crippen molar-refractivity contribution in [3.63, 3.8) is 0 Å². The van der Waals surface area contributed by atoms with Crippen molar-refractivity contribution >= 4 is 22.8 Å². The Morgan fingerprint density at radius 1 is 1.22 bits per heavy atom. The molecule has 1 aliphatic rings. The number of methoxy groups -OCH3 is 1. The number of hydrogen-bond donors (Lipinski definition) is 3. The van der Waals surface area contributed by atoms with Gasteiger partial charge in [-0.05, 0) is 6.07 Å². The van der Waals surface area contributed by atoms with Gasteiger partial charge in [-0.25, -0.2) is 4.79 Å². The molecule has 6 nitrogen and oxygen atoms in total. The number of para-hydroxylation sites is 1.